The molecule has 0 atom stereocenters. The highest BCUT2D eigenvalue weighted by atomic mass is 16.5. The maximum absolute atomic E-state index is 13.2. The number of rotatable bonds is 6. The van der Waals surface area contributed by atoms with Gasteiger partial charge in [-0.25, -0.2) is 4.79 Å². The first-order valence-corrected chi connectivity index (χ1v) is 11.3. The molecule has 0 aliphatic carbocycles. The van der Waals surface area contributed by atoms with Crippen molar-refractivity contribution in [2.24, 2.45) is 0 Å². The second-order valence-corrected chi connectivity index (χ2v) is 8.80. The Morgan fingerprint density at radius 2 is 1.74 bits per heavy atom. The molecule has 0 aliphatic heterocycles. The third-order valence-electron chi connectivity index (χ3n) is 5.73. The van der Waals surface area contributed by atoms with Gasteiger partial charge < -0.3 is 4.74 Å². The van der Waals surface area contributed by atoms with E-state index >= 15 is 0 Å². The summed E-state index contributed by atoms with van der Waals surface area (Å²) in [4.78, 5) is 17.6. The van der Waals surface area contributed by atoms with Crippen molar-refractivity contribution in [2.45, 2.75) is 33.6 Å². The number of aryl methyl sites for hydroxylation is 2. The van der Waals surface area contributed by atoms with Crippen molar-refractivity contribution < 1.29 is 4.74 Å². The molecule has 0 spiro atoms. The van der Waals surface area contributed by atoms with Gasteiger partial charge in [0.2, 0.25) is 0 Å². The zero-order valence-corrected chi connectivity index (χ0v) is 20.0. The molecule has 0 aliphatic rings. The lowest BCUT2D eigenvalue weighted by Crippen LogP contribution is -2.20. The molecule has 0 saturated heterocycles. The van der Waals surface area contributed by atoms with E-state index < -0.39 is 0 Å². The number of ether oxygens (including phenoxy) is 1. The van der Waals surface area contributed by atoms with Gasteiger partial charge in [-0.1, -0.05) is 73.4 Å². The van der Waals surface area contributed by atoms with E-state index in [1.54, 1.807) is 10.8 Å². The molecule has 3 aromatic carbocycles. The van der Waals surface area contributed by atoms with Crippen molar-refractivity contribution in [1.29, 1.82) is 0 Å². The van der Waals surface area contributed by atoms with E-state index in [-0.39, 0.29) is 12.3 Å². The first kappa shape index (κ1) is 23.1. The van der Waals surface area contributed by atoms with Crippen LogP contribution in [0.2, 0.25) is 0 Å². The minimum atomic E-state index is -0.339. The summed E-state index contributed by atoms with van der Waals surface area (Å²) in [6.07, 6.45) is 9.08. The molecule has 1 heterocycles. The molecule has 4 rings (SSSR count). The summed E-state index contributed by atoms with van der Waals surface area (Å²) in [5.41, 5.74) is 6.51. The second kappa shape index (κ2) is 9.80. The van der Waals surface area contributed by atoms with Crippen molar-refractivity contribution in [3.8, 4) is 29.4 Å². The largest absolute Gasteiger partial charge is 0.481 e. The summed E-state index contributed by atoms with van der Waals surface area (Å²) in [7, 11) is 0. The summed E-state index contributed by atoms with van der Waals surface area (Å²) in [6.45, 7) is 8.60. The van der Waals surface area contributed by atoms with Gasteiger partial charge in [0.05, 0.1) is 11.2 Å². The van der Waals surface area contributed by atoms with E-state index in [1.807, 2.05) is 36.4 Å². The average molecular weight is 449 g/mol. The van der Waals surface area contributed by atoms with Gasteiger partial charge in [0.25, 0.3) is 0 Å². The number of nitrogens with zero attached hydrogens (tertiary/aromatic N) is 2. The van der Waals surface area contributed by atoms with Gasteiger partial charge in [0.15, 0.2) is 0 Å². The lowest BCUT2D eigenvalue weighted by Gasteiger charge is -2.13. The second-order valence-electron chi connectivity index (χ2n) is 8.80. The number of benzene rings is 3. The molecule has 0 saturated carbocycles. The molecule has 0 bridgehead atoms. The number of hydrogen-bond acceptors (Lipinski definition) is 3. The predicted octanol–water partition coefficient (Wildman–Crippen LogP) is 6.44. The summed E-state index contributed by atoms with van der Waals surface area (Å²) in [5.74, 6) is 3.55. The van der Waals surface area contributed by atoms with Crippen LogP contribution in [0.5, 0.6) is 5.75 Å². The third-order valence-corrected chi connectivity index (χ3v) is 5.73. The van der Waals surface area contributed by atoms with Gasteiger partial charge in [-0.3, -0.25) is 4.57 Å². The number of terminal acetylenes is 1. The van der Waals surface area contributed by atoms with Crippen molar-refractivity contribution in [1.82, 2.24) is 9.55 Å². The van der Waals surface area contributed by atoms with Crippen LogP contribution in [-0.2, 0) is 0 Å². The Morgan fingerprint density at radius 1 is 1.03 bits per heavy atom. The van der Waals surface area contributed by atoms with Crippen molar-refractivity contribution >= 4 is 23.2 Å². The molecule has 0 N–H and O–H groups in total. The highest BCUT2D eigenvalue weighted by Crippen LogP contribution is 2.30. The number of fused-ring (bicyclic) bond motifs is 1. The monoisotopic (exact) mass is 448 g/mol. The molecule has 4 nitrogen and oxygen atoms in total. The highest BCUT2D eigenvalue weighted by Gasteiger charge is 2.13. The zero-order chi connectivity index (χ0) is 24.2. The van der Waals surface area contributed by atoms with E-state index in [0.717, 1.165) is 22.0 Å². The molecule has 4 aromatic rings. The Labute approximate surface area is 200 Å². The summed E-state index contributed by atoms with van der Waals surface area (Å²) in [5, 5.41) is 0.816. The normalized spacial score (nSPS) is 11.3. The van der Waals surface area contributed by atoms with Crippen molar-refractivity contribution in [3.63, 3.8) is 0 Å². The molecule has 0 fully saturated rings. The van der Waals surface area contributed by atoms with Crippen LogP contribution in [0.4, 0.5) is 0 Å². The lowest BCUT2D eigenvalue weighted by atomic mass is 9.99. The number of aromatic nitrogens is 2. The number of hydrogen-bond donors (Lipinski definition) is 0. The Kier molecular flexibility index (Phi) is 6.65. The Balaban J connectivity index is 1.88. The molecule has 4 heteroatoms. The van der Waals surface area contributed by atoms with Crippen LogP contribution >= 0.6 is 0 Å². The fourth-order valence-electron chi connectivity index (χ4n) is 4.10. The van der Waals surface area contributed by atoms with E-state index in [9.17, 15) is 4.79 Å². The molecule has 0 unspecified atom stereocenters. The minimum Gasteiger partial charge on any atom is -0.481 e. The Morgan fingerprint density at radius 3 is 2.38 bits per heavy atom. The van der Waals surface area contributed by atoms with E-state index in [4.69, 9.17) is 11.2 Å². The van der Waals surface area contributed by atoms with E-state index in [0.29, 0.717) is 17.4 Å². The van der Waals surface area contributed by atoms with Gasteiger partial charge in [0, 0.05) is 17.1 Å². The maximum Gasteiger partial charge on any atom is 0.352 e. The lowest BCUT2D eigenvalue weighted by molar-refractivity contribution is 0.371. The molecular weight excluding hydrogens is 420 g/mol. The standard InChI is InChI=1S/C30H28N2O2/c1-6-15-34-26-11-12-28-27(19-26)29(25-9-7-24(8-10-25)20(2)3)31-30(33)32(28)14-13-23-17-21(4)16-22(5)18-23/h1,7-14,16-20H,15H2,2-5H3. The van der Waals surface area contributed by atoms with Crippen LogP contribution in [0.15, 0.2) is 65.5 Å². The minimum absolute atomic E-state index is 0.170. The quantitative estimate of drug-likeness (QED) is 0.319. The third kappa shape index (κ3) is 4.94. The van der Waals surface area contributed by atoms with Crippen LogP contribution in [-0.4, -0.2) is 16.2 Å². The summed E-state index contributed by atoms with van der Waals surface area (Å²) < 4.78 is 7.23. The highest BCUT2D eigenvalue weighted by molar-refractivity contribution is 5.94. The molecule has 0 amide bonds. The van der Waals surface area contributed by atoms with Crippen molar-refractivity contribution in [3.05, 3.63) is 93.4 Å². The topological polar surface area (TPSA) is 44.1 Å². The van der Waals surface area contributed by atoms with Gasteiger partial charge in [-0.2, -0.15) is 4.98 Å². The van der Waals surface area contributed by atoms with Gasteiger partial charge in [-0.15, -0.1) is 6.42 Å². The fraction of sp³-hybridized carbons (Fsp3) is 0.200. The van der Waals surface area contributed by atoms with Crippen molar-refractivity contribution in [2.75, 3.05) is 6.61 Å². The molecule has 170 valence electrons. The van der Waals surface area contributed by atoms with E-state index in [2.05, 4.69) is 68.9 Å². The SMILES string of the molecule is C#CCOc1ccc2c(c1)c(-c1ccc(C(C)C)cc1)nc(=O)n2C=Cc1cc(C)cc(C)c1. The van der Waals surface area contributed by atoms with Crippen LogP contribution in [0.3, 0.4) is 0 Å². The fourth-order valence-corrected chi connectivity index (χ4v) is 4.10. The van der Waals surface area contributed by atoms with Crippen LogP contribution in [0.25, 0.3) is 34.4 Å². The summed E-state index contributed by atoms with van der Waals surface area (Å²) >= 11 is 0. The zero-order valence-electron chi connectivity index (χ0n) is 20.0. The van der Waals surface area contributed by atoms with Crippen LogP contribution in [0.1, 0.15) is 42.0 Å². The smallest absolute Gasteiger partial charge is 0.352 e. The molecule has 0 radical (unpaired) electrons. The molecule has 34 heavy (non-hydrogen) atoms. The predicted molar refractivity (Wildman–Crippen MR) is 141 cm³/mol. The van der Waals surface area contributed by atoms with Gasteiger partial charge in [0.1, 0.15) is 12.4 Å². The van der Waals surface area contributed by atoms with Gasteiger partial charge in [-0.05, 0) is 55.2 Å². The van der Waals surface area contributed by atoms with E-state index in [1.165, 1.54) is 16.7 Å². The molecular formula is C30H28N2O2. The van der Waals surface area contributed by atoms with Crippen LogP contribution in [0, 0.1) is 26.2 Å². The summed E-state index contributed by atoms with van der Waals surface area (Å²) in [6, 6.07) is 20.1. The van der Waals surface area contributed by atoms with Crippen LogP contribution < -0.4 is 10.4 Å². The Hall–Kier alpha value is -4.10. The first-order valence-electron chi connectivity index (χ1n) is 11.3. The first-order chi connectivity index (χ1) is 16.4. The maximum atomic E-state index is 13.2. The molecule has 1 aromatic heterocycles. The Bertz CT molecular complexity index is 1450. The van der Waals surface area contributed by atoms with Gasteiger partial charge >= 0.3 is 5.69 Å². The average Bonchev–Trinajstić information content (AvgIpc) is 2.81.